The Bertz CT molecular complexity index is 680. The molecule has 2 aliphatic rings. The first-order valence-corrected chi connectivity index (χ1v) is 9.57. The maximum absolute atomic E-state index is 12.8. The van der Waals surface area contributed by atoms with Gasteiger partial charge in [0.05, 0.1) is 19.0 Å². The maximum atomic E-state index is 12.8. The molecule has 0 spiro atoms. The number of carbonyl (C=O) groups excluding carboxylic acids is 1. The van der Waals surface area contributed by atoms with E-state index >= 15 is 0 Å². The van der Waals surface area contributed by atoms with Crippen molar-refractivity contribution in [2.24, 2.45) is 11.8 Å². The number of ether oxygens (including phenoxy) is 2. The fourth-order valence-electron chi connectivity index (χ4n) is 3.87. The van der Waals surface area contributed by atoms with Gasteiger partial charge in [-0.25, -0.2) is 0 Å². The molecular weight excluding hydrogens is 348 g/mol. The number of hydrogen-bond donors (Lipinski definition) is 1. The van der Waals surface area contributed by atoms with Gasteiger partial charge in [0.25, 0.3) is 0 Å². The van der Waals surface area contributed by atoms with Gasteiger partial charge < -0.3 is 19.5 Å². The number of para-hydroxylation sites is 2. The van der Waals surface area contributed by atoms with Gasteiger partial charge in [0.15, 0.2) is 17.6 Å². The van der Waals surface area contributed by atoms with E-state index in [2.05, 4.69) is 0 Å². The third-order valence-corrected chi connectivity index (χ3v) is 5.17. The van der Waals surface area contributed by atoms with Gasteiger partial charge >= 0.3 is 5.97 Å². The molecule has 0 saturated carbocycles. The van der Waals surface area contributed by atoms with Crippen molar-refractivity contribution < 1.29 is 24.2 Å². The SMILES string of the molecule is CCN(CC1COc2ccccc2O1)C(=O)CN1CC(C)CC(C(=O)O)C1. The van der Waals surface area contributed by atoms with E-state index in [9.17, 15) is 14.7 Å². The van der Waals surface area contributed by atoms with E-state index in [4.69, 9.17) is 9.47 Å². The molecule has 0 bridgehead atoms. The summed E-state index contributed by atoms with van der Waals surface area (Å²) in [5.74, 6) is 0.519. The van der Waals surface area contributed by atoms with Crippen LogP contribution >= 0.6 is 0 Å². The van der Waals surface area contributed by atoms with Crippen molar-refractivity contribution in [1.82, 2.24) is 9.80 Å². The van der Waals surface area contributed by atoms with Crippen LogP contribution in [-0.2, 0) is 9.59 Å². The van der Waals surface area contributed by atoms with Crippen LogP contribution in [0.5, 0.6) is 11.5 Å². The number of amides is 1. The summed E-state index contributed by atoms with van der Waals surface area (Å²) in [6, 6.07) is 7.52. The van der Waals surface area contributed by atoms with Crippen molar-refractivity contribution >= 4 is 11.9 Å². The molecule has 1 aromatic carbocycles. The number of aliphatic carboxylic acids is 1. The third kappa shape index (κ3) is 4.91. The van der Waals surface area contributed by atoms with Gasteiger partial charge in [-0.05, 0) is 31.4 Å². The van der Waals surface area contributed by atoms with Crippen LogP contribution in [0, 0.1) is 11.8 Å². The average molecular weight is 376 g/mol. The lowest BCUT2D eigenvalue weighted by atomic mass is 9.90. The monoisotopic (exact) mass is 376 g/mol. The fraction of sp³-hybridized carbons (Fsp3) is 0.600. The first kappa shape index (κ1) is 19.5. The highest BCUT2D eigenvalue weighted by Crippen LogP contribution is 2.31. The van der Waals surface area contributed by atoms with Crippen LogP contribution < -0.4 is 9.47 Å². The van der Waals surface area contributed by atoms with Crippen LogP contribution in [0.15, 0.2) is 24.3 Å². The molecule has 3 unspecified atom stereocenters. The molecule has 27 heavy (non-hydrogen) atoms. The molecule has 3 atom stereocenters. The lowest BCUT2D eigenvalue weighted by Crippen LogP contribution is -2.50. The standard InChI is InChI=1S/C20H28N2O5/c1-3-22(11-16-13-26-17-6-4-5-7-18(17)27-16)19(23)12-21-9-14(2)8-15(10-21)20(24)25/h4-7,14-16H,3,8-13H2,1-2H3,(H,24,25). The van der Waals surface area contributed by atoms with E-state index in [1.165, 1.54) is 0 Å². The van der Waals surface area contributed by atoms with Crippen molar-refractivity contribution in [1.29, 1.82) is 0 Å². The number of likely N-dealkylation sites (N-methyl/N-ethyl adjacent to an activating group) is 1. The third-order valence-electron chi connectivity index (χ3n) is 5.17. The van der Waals surface area contributed by atoms with Crippen molar-refractivity contribution in [2.75, 3.05) is 39.3 Å². The molecule has 7 nitrogen and oxygen atoms in total. The average Bonchev–Trinajstić information content (AvgIpc) is 2.65. The predicted molar refractivity (Wildman–Crippen MR) is 100.0 cm³/mol. The largest absolute Gasteiger partial charge is 0.486 e. The lowest BCUT2D eigenvalue weighted by Gasteiger charge is -2.36. The van der Waals surface area contributed by atoms with Gasteiger partial charge in [-0.15, -0.1) is 0 Å². The van der Waals surface area contributed by atoms with Gasteiger partial charge in [0.2, 0.25) is 5.91 Å². The van der Waals surface area contributed by atoms with E-state index in [1.807, 2.05) is 43.0 Å². The summed E-state index contributed by atoms with van der Waals surface area (Å²) in [5, 5.41) is 9.31. The van der Waals surface area contributed by atoms with Crippen LogP contribution in [-0.4, -0.2) is 72.2 Å². The van der Waals surface area contributed by atoms with E-state index < -0.39 is 11.9 Å². The summed E-state index contributed by atoms with van der Waals surface area (Å²) in [5.41, 5.74) is 0. The second-order valence-corrected chi connectivity index (χ2v) is 7.50. The topological polar surface area (TPSA) is 79.3 Å². The van der Waals surface area contributed by atoms with E-state index in [1.54, 1.807) is 4.90 Å². The number of likely N-dealkylation sites (tertiary alicyclic amines) is 1. The predicted octanol–water partition coefficient (Wildman–Crippen LogP) is 1.72. The Balaban J connectivity index is 1.56. The summed E-state index contributed by atoms with van der Waals surface area (Å²) in [4.78, 5) is 27.8. The zero-order valence-electron chi connectivity index (χ0n) is 16.0. The molecule has 2 aliphatic heterocycles. The van der Waals surface area contributed by atoms with Gasteiger partial charge in [0.1, 0.15) is 6.61 Å². The van der Waals surface area contributed by atoms with Crippen LogP contribution in [0.1, 0.15) is 20.3 Å². The van der Waals surface area contributed by atoms with Crippen LogP contribution in [0.4, 0.5) is 0 Å². The Kier molecular flexibility index (Phi) is 6.21. The summed E-state index contributed by atoms with van der Waals surface area (Å²) in [7, 11) is 0. The summed E-state index contributed by atoms with van der Waals surface area (Å²) < 4.78 is 11.7. The van der Waals surface area contributed by atoms with Crippen LogP contribution in [0.3, 0.4) is 0 Å². The number of rotatable bonds is 6. The van der Waals surface area contributed by atoms with Crippen molar-refractivity contribution in [3.8, 4) is 11.5 Å². The molecule has 1 amide bonds. The molecule has 0 aromatic heterocycles. The van der Waals surface area contributed by atoms with Gasteiger partial charge in [-0.1, -0.05) is 19.1 Å². The van der Waals surface area contributed by atoms with Crippen molar-refractivity contribution in [2.45, 2.75) is 26.4 Å². The Morgan fingerprint density at radius 2 is 2.00 bits per heavy atom. The molecule has 3 rings (SSSR count). The highest BCUT2D eigenvalue weighted by molar-refractivity contribution is 5.78. The molecule has 148 valence electrons. The Morgan fingerprint density at radius 1 is 1.26 bits per heavy atom. The van der Waals surface area contributed by atoms with Gasteiger partial charge in [-0.2, -0.15) is 0 Å². The quantitative estimate of drug-likeness (QED) is 0.814. The number of piperidine rings is 1. The molecule has 1 N–H and O–H groups in total. The summed E-state index contributed by atoms with van der Waals surface area (Å²) in [6.07, 6.45) is 0.459. The number of hydrogen-bond acceptors (Lipinski definition) is 5. The first-order valence-electron chi connectivity index (χ1n) is 9.57. The second-order valence-electron chi connectivity index (χ2n) is 7.50. The van der Waals surface area contributed by atoms with Crippen LogP contribution in [0.25, 0.3) is 0 Å². The minimum absolute atomic E-state index is 0.00167. The first-order chi connectivity index (χ1) is 13.0. The zero-order valence-corrected chi connectivity index (χ0v) is 16.0. The fourth-order valence-corrected chi connectivity index (χ4v) is 3.87. The Hall–Kier alpha value is -2.28. The number of nitrogens with zero attached hydrogens (tertiary/aromatic N) is 2. The summed E-state index contributed by atoms with van der Waals surface area (Å²) >= 11 is 0. The number of fused-ring (bicyclic) bond motifs is 1. The zero-order chi connectivity index (χ0) is 19.4. The molecule has 1 aromatic rings. The van der Waals surface area contributed by atoms with E-state index in [0.29, 0.717) is 38.4 Å². The number of carbonyl (C=O) groups is 2. The van der Waals surface area contributed by atoms with E-state index in [-0.39, 0.29) is 24.5 Å². The molecule has 7 heteroatoms. The molecular formula is C20H28N2O5. The molecule has 1 saturated heterocycles. The molecule has 0 aliphatic carbocycles. The second kappa shape index (κ2) is 8.61. The van der Waals surface area contributed by atoms with Gasteiger partial charge in [-0.3, -0.25) is 14.5 Å². The molecule has 1 fully saturated rings. The van der Waals surface area contributed by atoms with Crippen molar-refractivity contribution in [3.05, 3.63) is 24.3 Å². The Labute approximate surface area is 159 Å². The maximum Gasteiger partial charge on any atom is 0.307 e. The number of benzene rings is 1. The number of carboxylic acids is 1. The minimum Gasteiger partial charge on any atom is -0.486 e. The smallest absolute Gasteiger partial charge is 0.307 e. The minimum atomic E-state index is -0.780. The normalized spacial score (nSPS) is 25.0. The Morgan fingerprint density at radius 3 is 2.70 bits per heavy atom. The van der Waals surface area contributed by atoms with Gasteiger partial charge in [0, 0.05) is 19.6 Å². The summed E-state index contributed by atoms with van der Waals surface area (Å²) in [6.45, 7) is 6.84. The highest BCUT2D eigenvalue weighted by Gasteiger charge is 2.32. The lowest BCUT2D eigenvalue weighted by molar-refractivity contribution is -0.146. The van der Waals surface area contributed by atoms with E-state index in [0.717, 1.165) is 12.3 Å². The highest BCUT2D eigenvalue weighted by atomic mass is 16.6. The number of carboxylic acid groups (broad SMARTS) is 1. The molecule has 2 heterocycles. The molecule has 0 radical (unpaired) electrons. The van der Waals surface area contributed by atoms with Crippen molar-refractivity contribution in [3.63, 3.8) is 0 Å². The van der Waals surface area contributed by atoms with Crippen LogP contribution in [0.2, 0.25) is 0 Å².